The molecule has 53 heavy (non-hydrogen) atoms. The van der Waals surface area contributed by atoms with Gasteiger partial charge in [-0.25, -0.2) is 4.79 Å². The van der Waals surface area contributed by atoms with E-state index in [1.165, 1.54) is 18.4 Å². The van der Waals surface area contributed by atoms with Crippen molar-refractivity contribution < 1.29 is 33.4 Å². The quantitative estimate of drug-likeness (QED) is 0.0996. The fraction of sp³-hybridized carbons (Fsp3) is 0.341. The number of hydrogen-bond donors (Lipinski definition) is 3. The first-order chi connectivity index (χ1) is 25.7. The molecule has 12 heteroatoms. The van der Waals surface area contributed by atoms with E-state index in [9.17, 15) is 24.0 Å². The maximum Gasteiger partial charge on any atom is 0.337 e. The molecular weight excluding hydrogens is 693 g/mol. The van der Waals surface area contributed by atoms with Crippen molar-refractivity contribution >= 4 is 51.7 Å². The molecule has 0 spiro atoms. The molecule has 2 aliphatic rings. The van der Waals surface area contributed by atoms with Crippen LogP contribution in [0.4, 0.5) is 10.7 Å². The molecule has 0 unspecified atom stereocenters. The summed E-state index contributed by atoms with van der Waals surface area (Å²) in [6.45, 7) is 0.354. The average molecular weight is 737 g/mol. The summed E-state index contributed by atoms with van der Waals surface area (Å²) >= 11 is 1.47. The minimum atomic E-state index is -0.623. The number of carbonyl (C=O) groups excluding carboxylic acids is 5. The summed E-state index contributed by atoms with van der Waals surface area (Å²) in [6.07, 6.45) is 7.16. The number of benzene rings is 3. The molecule has 3 N–H and O–H groups in total. The molecule has 0 bridgehead atoms. The first kappa shape index (κ1) is 37.6. The van der Waals surface area contributed by atoms with Crippen LogP contribution in [-0.4, -0.2) is 67.9 Å². The Balaban J connectivity index is 1.10. The van der Waals surface area contributed by atoms with Crippen molar-refractivity contribution in [1.82, 2.24) is 10.2 Å². The highest BCUT2D eigenvalue weighted by Crippen LogP contribution is 2.39. The second-order valence-corrected chi connectivity index (χ2v) is 14.5. The number of methoxy groups -OCH3 is 1. The molecule has 2 amide bonds. The third-order valence-electron chi connectivity index (χ3n) is 9.43. The summed E-state index contributed by atoms with van der Waals surface area (Å²) in [6, 6.07) is 22.6. The molecule has 0 radical (unpaired) electrons. The Morgan fingerprint density at radius 1 is 0.792 bits per heavy atom. The Labute approximate surface area is 313 Å². The van der Waals surface area contributed by atoms with E-state index in [0.717, 1.165) is 78.5 Å². The Hall–Kier alpha value is -5.17. The monoisotopic (exact) mass is 736 g/mol. The summed E-state index contributed by atoms with van der Waals surface area (Å²) < 4.78 is 9.69. The van der Waals surface area contributed by atoms with Crippen LogP contribution in [0, 0.1) is 0 Å². The molecule has 2 aliphatic carbocycles. The lowest BCUT2D eigenvalue weighted by atomic mass is 9.95. The van der Waals surface area contributed by atoms with E-state index < -0.39 is 11.9 Å². The first-order valence-electron chi connectivity index (χ1n) is 17.9. The van der Waals surface area contributed by atoms with Gasteiger partial charge in [0.1, 0.15) is 5.00 Å². The second-order valence-electron chi connectivity index (χ2n) is 13.4. The Kier molecular flexibility index (Phi) is 12.5. The third-order valence-corrected chi connectivity index (χ3v) is 10.6. The number of hydrogen-bond acceptors (Lipinski definition) is 10. The SMILES string of the molecule is CNCC(=O)OC(=O)CN(Cc1cccc(C(=O)Nc2sc3c(c2C(=O)Nc2ccc(CCc4ccc(C(=O)OC)cc4)cc2)CCCC3)c1)C1CC1. The lowest BCUT2D eigenvalue weighted by Gasteiger charge is -2.21. The van der Waals surface area contributed by atoms with Crippen molar-refractivity contribution in [3.63, 3.8) is 0 Å². The number of nitrogens with one attached hydrogen (secondary N) is 3. The van der Waals surface area contributed by atoms with Gasteiger partial charge in [-0.2, -0.15) is 0 Å². The zero-order valence-electron chi connectivity index (χ0n) is 30.0. The summed E-state index contributed by atoms with van der Waals surface area (Å²) in [4.78, 5) is 66.5. The van der Waals surface area contributed by atoms with Gasteiger partial charge in [-0.05, 0) is 117 Å². The van der Waals surface area contributed by atoms with Crippen LogP contribution in [0.1, 0.15) is 83.9 Å². The molecule has 1 heterocycles. The third kappa shape index (κ3) is 10.0. The molecule has 1 aromatic heterocycles. The van der Waals surface area contributed by atoms with Gasteiger partial charge in [0.25, 0.3) is 11.8 Å². The van der Waals surface area contributed by atoms with E-state index in [1.807, 2.05) is 53.4 Å². The number of aryl methyl sites for hydroxylation is 3. The second kappa shape index (κ2) is 17.6. The summed E-state index contributed by atoms with van der Waals surface area (Å²) in [5.74, 6) is -2.16. The molecule has 1 fully saturated rings. The normalized spacial score (nSPS) is 13.6. The van der Waals surface area contributed by atoms with E-state index in [2.05, 4.69) is 16.0 Å². The number of amides is 2. The van der Waals surface area contributed by atoms with E-state index in [4.69, 9.17) is 9.47 Å². The molecule has 0 saturated heterocycles. The van der Waals surface area contributed by atoms with E-state index in [0.29, 0.717) is 33.9 Å². The first-order valence-corrected chi connectivity index (χ1v) is 18.8. The van der Waals surface area contributed by atoms with Gasteiger partial charge < -0.3 is 25.4 Å². The van der Waals surface area contributed by atoms with E-state index in [-0.39, 0.29) is 36.9 Å². The standard InChI is InChI=1S/C41H44N4O7S/c1-42-23-35(46)52-36(47)25-45(32-20-21-32)24-28-6-5-7-30(22-28)38(48)44-40-37(33-8-3-4-9-34(33)53-40)39(49)43-31-18-14-27(15-19-31)11-10-26-12-16-29(17-13-26)41(50)51-2/h5-7,12-19,22,32,42H,3-4,8-11,20-21,23-25H2,1-2H3,(H,43,49)(H,44,48). The average Bonchev–Trinajstić information content (AvgIpc) is 3.95. The highest BCUT2D eigenvalue weighted by molar-refractivity contribution is 7.17. The molecule has 4 aromatic rings. The van der Waals surface area contributed by atoms with E-state index >= 15 is 0 Å². The van der Waals surface area contributed by atoms with Crippen molar-refractivity contribution in [1.29, 1.82) is 0 Å². The number of fused-ring (bicyclic) bond motifs is 1. The zero-order chi connectivity index (χ0) is 37.3. The van der Waals surface area contributed by atoms with Gasteiger partial charge >= 0.3 is 17.9 Å². The van der Waals surface area contributed by atoms with Gasteiger partial charge in [-0.15, -0.1) is 11.3 Å². The highest BCUT2D eigenvalue weighted by Gasteiger charge is 2.32. The van der Waals surface area contributed by atoms with Gasteiger partial charge in [0.2, 0.25) is 0 Å². The number of ether oxygens (including phenoxy) is 2. The van der Waals surface area contributed by atoms with Crippen LogP contribution < -0.4 is 16.0 Å². The van der Waals surface area contributed by atoms with Crippen molar-refractivity contribution in [3.8, 4) is 0 Å². The minimum absolute atomic E-state index is 0.0212. The number of carbonyl (C=O) groups is 5. The van der Waals surface area contributed by atoms with Crippen molar-refractivity contribution in [3.05, 3.63) is 117 Å². The molecule has 6 rings (SSSR count). The van der Waals surface area contributed by atoms with Gasteiger partial charge in [0, 0.05) is 28.7 Å². The Morgan fingerprint density at radius 2 is 1.49 bits per heavy atom. The van der Waals surface area contributed by atoms with Crippen molar-refractivity contribution in [2.45, 2.75) is 64.0 Å². The number of anilines is 2. The van der Waals surface area contributed by atoms with Crippen LogP contribution in [0.5, 0.6) is 0 Å². The molecule has 1 saturated carbocycles. The maximum atomic E-state index is 13.9. The van der Waals surface area contributed by atoms with Crippen LogP contribution in [0.25, 0.3) is 0 Å². The largest absolute Gasteiger partial charge is 0.465 e. The van der Waals surface area contributed by atoms with Gasteiger partial charge in [0.15, 0.2) is 0 Å². The zero-order valence-corrected chi connectivity index (χ0v) is 30.8. The smallest absolute Gasteiger partial charge is 0.337 e. The number of nitrogens with zero attached hydrogens (tertiary/aromatic N) is 1. The summed E-state index contributed by atoms with van der Waals surface area (Å²) in [5.41, 5.74) is 6.21. The van der Waals surface area contributed by atoms with Gasteiger partial charge in [-0.3, -0.25) is 24.1 Å². The predicted octanol–water partition coefficient (Wildman–Crippen LogP) is 5.96. The van der Waals surface area contributed by atoms with E-state index in [1.54, 1.807) is 31.3 Å². The number of rotatable bonds is 15. The van der Waals surface area contributed by atoms with Crippen LogP contribution in [0.3, 0.4) is 0 Å². The van der Waals surface area contributed by atoms with Gasteiger partial charge in [0.05, 0.1) is 31.3 Å². The lowest BCUT2D eigenvalue weighted by molar-refractivity contribution is -0.159. The summed E-state index contributed by atoms with van der Waals surface area (Å²) in [7, 11) is 2.97. The minimum Gasteiger partial charge on any atom is -0.465 e. The predicted molar refractivity (Wildman–Crippen MR) is 203 cm³/mol. The Morgan fingerprint density at radius 3 is 2.17 bits per heavy atom. The van der Waals surface area contributed by atoms with Crippen molar-refractivity contribution in [2.24, 2.45) is 0 Å². The fourth-order valence-corrected chi connectivity index (χ4v) is 7.82. The van der Waals surface area contributed by atoms with Crippen LogP contribution in [0.15, 0.2) is 72.8 Å². The molecule has 0 atom stereocenters. The highest BCUT2D eigenvalue weighted by atomic mass is 32.1. The summed E-state index contributed by atoms with van der Waals surface area (Å²) in [5, 5.41) is 9.32. The van der Waals surface area contributed by atoms with Gasteiger partial charge in [-0.1, -0.05) is 36.4 Å². The molecular formula is C41H44N4O7S. The maximum absolute atomic E-state index is 13.9. The lowest BCUT2D eigenvalue weighted by Crippen LogP contribution is -2.34. The van der Waals surface area contributed by atoms with Crippen LogP contribution in [0.2, 0.25) is 0 Å². The number of thiophene rings is 1. The molecule has 3 aromatic carbocycles. The Bertz CT molecular complexity index is 1970. The molecule has 276 valence electrons. The number of esters is 3. The fourth-order valence-electron chi connectivity index (χ4n) is 6.54. The molecule has 11 nitrogen and oxygen atoms in total. The molecule has 0 aliphatic heterocycles. The van der Waals surface area contributed by atoms with Crippen LogP contribution in [-0.2, 0) is 51.3 Å². The van der Waals surface area contributed by atoms with Crippen LogP contribution >= 0.6 is 11.3 Å². The van der Waals surface area contributed by atoms with Crippen molar-refractivity contribution in [2.75, 3.05) is 37.9 Å². The number of likely N-dealkylation sites (N-methyl/N-ethyl adjacent to an activating group) is 1. The topological polar surface area (TPSA) is 143 Å².